The van der Waals surface area contributed by atoms with Crippen LogP contribution in [-0.2, 0) is 11.3 Å². The Bertz CT molecular complexity index is 665. The summed E-state index contributed by atoms with van der Waals surface area (Å²) in [5.74, 6) is 0.104. The van der Waals surface area contributed by atoms with Crippen molar-refractivity contribution in [1.29, 1.82) is 0 Å². The average molecular weight is 367 g/mol. The molecule has 0 aliphatic heterocycles. The molecule has 0 unspecified atom stereocenters. The number of rotatable bonds is 8. The molecule has 2 heterocycles. The molecule has 0 saturated carbocycles. The Balaban J connectivity index is 2.10. The summed E-state index contributed by atoms with van der Waals surface area (Å²) in [4.78, 5) is 31.3. The van der Waals surface area contributed by atoms with Gasteiger partial charge in [0.2, 0.25) is 0 Å². The number of nitrogens with zero attached hydrogens (tertiary/aromatic N) is 2. The highest BCUT2D eigenvalue weighted by atomic mass is 32.1. The molecule has 130 valence electrons. The highest BCUT2D eigenvalue weighted by molar-refractivity contribution is 7.12. The number of amides is 1. The molecule has 0 aliphatic carbocycles. The Morgan fingerprint density at radius 2 is 2.12 bits per heavy atom. The fraction of sp³-hybridized carbons (Fsp3) is 0.471. The third-order valence-electron chi connectivity index (χ3n) is 3.36. The topological polar surface area (TPSA) is 59.5 Å². The quantitative estimate of drug-likeness (QED) is 0.661. The highest BCUT2D eigenvalue weighted by Gasteiger charge is 2.20. The smallest absolute Gasteiger partial charge is 0.357 e. The largest absolute Gasteiger partial charge is 0.461 e. The lowest BCUT2D eigenvalue weighted by Crippen LogP contribution is -2.31. The van der Waals surface area contributed by atoms with Crippen LogP contribution in [0.1, 0.15) is 52.4 Å². The average Bonchev–Trinajstić information content (AvgIpc) is 3.22. The van der Waals surface area contributed by atoms with Crippen molar-refractivity contribution in [3.63, 3.8) is 0 Å². The molecule has 0 atom stereocenters. The Morgan fingerprint density at radius 1 is 1.33 bits per heavy atom. The minimum atomic E-state index is -0.418. The van der Waals surface area contributed by atoms with E-state index in [-0.39, 0.29) is 5.91 Å². The van der Waals surface area contributed by atoms with Gasteiger partial charge >= 0.3 is 5.97 Å². The second-order valence-electron chi connectivity index (χ2n) is 5.73. The van der Waals surface area contributed by atoms with E-state index < -0.39 is 5.97 Å². The van der Waals surface area contributed by atoms with Crippen LogP contribution in [0.15, 0.2) is 22.9 Å². The third kappa shape index (κ3) is 5.14. The van der Waals surface area contributed by atoms with Gasteiger partial charge in [0.05, 0.1) is 18.0 Å². The molecule has 2 aromatic heterocycles. The molecular formula is C17H22N2O3S2. The lowest BCUT2D eigenvalue weighted by Gasteiger charge is -2.22. The van der Waals surface area contributed by atoms with Crippen LogP contribution < -0.4 is 0 Å². The van der Waals surface area contributed by atoms with E-state index in [1.165, 1.54) is 22.7 Å². The number of hydrogen-bond donors (Lipinski definition) is 0. The summed E-state index contributed by atoms with van der Waals surface area (Å²) in [6.45, 7) is 7.43. The van der Waals surface area contributed by atoms with Crippen molar-refractivity contribution in [2.24, 2.45) is 5.92 Å². The van der Waals surface area contributed by atoms with Crippen molar-refractivity contribution in [3.05, 3.63) is 38.5 Å². The maximum atomic E-state index is 12.7. The van der Waals surface area contributed by atoms with E-state index in [4.69, 9.17) is 4.74 Å². The number of carbonyl (C=O) groups is 2. The summed E-state index contributed by atoms with van der Waals surface area (Å²) in [5, 5.41) is 4.33. The summed E-state index contributed by atoms with van der Waals surface area (Å²) >= 11 is 2.82. The third-order valence-corrected chi connectivity index (χ3v) is 5.05. The number of ether oxygens (including phenoxy) is 1. The van der Waals surface area contributed by atoms with Gasteiger partial charge in [0.1, 0.15) is 5.01 Å². The van der Waals surface area contributed by atoms with Crippen LogP contribution in [0.4, 0.5) is 0 Å². The molecule has 0 aromatic carbocycles. The number of thiophene rings is 1. The van der Waals surface area contributed by atoms with Gasteiger partial charge in [-0.15, -0.1) is 22.7 Å². The van der Waals surface area contributed by atoms with Crippen molar-refractivity contribution in [2.45, 2.75) is 33.7 Å². The first-order valence-corrected chi connectivity index (χ1v) is 9.71. The standard InChI is InChI=1S/C17H22N2O3S2/c1-4-22-17(21)13-11-24-15(18-13)10-19(8-7-12(2)3)16(20)14-6-5-9-23-14/h5-6,9,11-12H,4,7-8,10H2,1-3H3. The molecule has 0 fully saturated rings. The minimum Gasteiger partial charge on any atom is -0.461 e. The lowest BCUT2D eigenvalue weighted by molar-refractivity contribution is 0.0520. The van der Waals surface area contributed by atoms with E-state index in [1.54, 1.807) is 17.2 Å². The normalized spacial score (nSPS) is 10.8. The Hall–Kier alpha value is -1.73. The lowest BCUT2D eigenvalue weighted by atomic mass is 10.1. The van der Waals surface area contributed by atoms with Crippen molar-refractivity contribution in [3.8, 4) is 0 Å². The van der Waals surface area contributed by atoms with Gasteiger partial charge < -0.3 is 9.64 Å². The molecule has 1 amide bonds. The molecule has 0 aliphatic rings. The molecule has 5 nitrogen and oxygen atoms in total. The van der Waals surface area contributed by atoms with Crippen molar-refractivity contribution in [1.82, 2.24) is 9.88 Å². The van der Waals surface area contributed by atoms with Gasteiger partial charge in [-0.25, -0.2) is 9.78 Å². The Labute approximate surface area is 150 Å². The fourth-order valence-electron chi connectivity index (χ4n) is 2.07. The van der Waals surface area contributed by atoms with E-state index in [9.17, 15) is 9.59 Å². The fourth-order valence-corrected chi connectivity index (χ4v) is 3.54. The predicted molar refractivity (Wildman–Crippen MR) is 96.6 cm³/mol. The van der Waals surface area contributed by atoms with Crippen LogP contribution in [0.5, 0.6) is 0 Å². The van der Waals surface area contributed by atoms with Crippen LogP contribution in [0.3, 0.4) is 0 Å². The van der Waals surface area contributed by atoms with E-state index in [1.807, 2.05) is 17.5 Å². The highest BCUT2D eigenvalue weighted by Crippen LogP contribution is 2.18. The van der Waals surface area contributed by atoms with Crippen LogP contribution >= 0.6 is 22.7 Å². The predicted octanol–water partition coefficient (Wildman–Crippen LogP) is 4.07. The van der Waals surface area contributed by atoms with Crippen LogP contribution in [0.2, 0.25) is 0 Å². The summed E-state index contributed by atoms with van der Waals surface area (Å²) in [5.41, 5.74) is 0.309. The van der Waals surface area contributed by atoms with E-state index in [0.29, 0.717) is 31.3 Å². The van der Waals surface area contributed by atoms with Gasteiger partial charge in [0.15, 0.2) is 5.69 Å². The molecule has 2 aromatic rings. The zero-order chi connectivity index (χ0) is 17.5. The molecule has 24 heavy (non-hydrogen) atoms. The number of esters is 1. The van der Waals surface area contributed by atoms with Crippen molar-refractivity contribution in [2.75, 3.05) is 13.2 Å². The molecule has 2 rings (SSSR count). The first kappa shape index (κ1) is 18.6. The number of aromatic nitrogens is 1. The van der Waals surface area contributed by atoms with Gasteiger partial charge in [-0.2, -0.15) is 0 Å². The summed E-state index contributed by atoms with van der Waals surface area (Å²) in [6, 6.07) is 3.71. The van der Waals surface area contributed by atoms with Crippen molar-refractivity contribution >= 4 is 34.6 Å². The Kier molecular flexibility index (Phi) is 6.93. The first-order chi connectivity index (χ1) is 11.5. The van der Waals surface area contributed by atoms with Gasteiger partial charge in [0.25, 0.3) is 5.91 Å². The molecular weight excluding hydrogens is 344 g/mol. The zero-order valence-corrected chi connectivity index (χ0v) is 15.8. The van der Waals surface area contributed by atoms with E-state index in [0.717, 1.165) is 16.3 Å². The molecule has 0 radical (unpaired) electrons. The summed E-state index contributed by atoms with van der Waals surface area (Å²) < 4.78 is 4.96. The van der Waals surface area contributed by atoms with Crippen molar-refractivity contribution < 1.29 is 14.3 Å². The van der Waals surface area contributed by atoms with Gasteiger partial charge in [-0.1, -0.05) is 19.9 Å². The molecule has 0 spiro atoms. The molecule has 0 bridgehead atoms. The maximum Gasteiger partial charge on any atom is 0.357 e. The van der Waals surface area contributed by atoms with Gasteiger partial charge in [-0.05, 0) is 30.7 Å². The molecule has 0 N–H and O–H groups in total. The second kappa shape index (κ2) is 8.94. The molecule has 0 saturated heterocycles. The SMILES string of the molecule is CCOC(=O)c1csc(CN(CCC(C)C)C(=O)c2cccs2)n1. The monoisotopic (exact) mass is 366 g/mol. The minimum absolute atomic E-state index is 0.0125. The van der Waals surface area contributed by atoms with Gasteiger partial charge in [0, 0.05) is 11.9 Å². The summed E-state index contributed by atoms with van der Waals surface area (Å²) in [7, 11) is 0. The van der Waals surface area contributed by atoms with Crippen LogP contribution in [0.25, 0.3) is 0 Å². The number of hydrogen-bond acceptors (Lipinski definition) is 6. The number of carbonyl (C=O) groups excluding carboxylic acids is 2. The van der Waals surface area contributed by atoms with E-state index in [2.05, 4.69) is 18.8 Å². The first-order valence-electron chi connectivity index (χ1n) is 7.95. The van der Waals surface area contributed by atoms with Gasteiger partial charge in [-0.3, -0.25) is 4.79 Å². The van der Waals surface area contributed by atoms with Crippen LogP contribution in [-0.4, -0.2) is 34.9 Å². The second-order valence-corrected chi connectivity index (χ2v) is 7.62. The number of thiazole rings is 1. The van der Waals surface area contributed by atoms with E-state index >= 15 is 0 Å². The Morgan fingerprint density at radius 3 is 2.75 bits per heavy atom. The zero-order valence-electron chi connectivity index (χ0n) is 14.2. The summed E-state index contributed by atoms with van der Waals surface area (Å²) in [6.07, 6.45) is 0.924. The molecule has 7 heteroatoms. The maximum absolute atomic E-state index is 12.7. The van der Waals surface area contributed by atoms with Crippen LogP contribution in [0, 0.1) is 5.92 Å².